The van der Waals surface area contributed by atoms with Gasteiger partial charge in [-0.15, -0.1) is 0 Å². The molecule has 1 heterocycles. The maximum Gasteiger partial charge on any atom is 0.144 e. The standard InChI is InChI=1S/C16H24O3/c1-15-7-5-12-9-11(10-17)3-4-13(12)16(15,2)14(18)6-8-19-15/h5,7,11-13,17H,3-4,6,8-10H2,1-2H3. The quantitative estimate of drug-likeness (QED) is 0.739. The molecule has 3 heteroatoms. The van der Waals surface area contributed by atoms with Gasteiger partial charge in [-0.2, -0.15) is 0 Å². The minimum Gasteiger partial charge on any atom is -0.396 e. The van der Waals surface area contributed by atoms with E-state index in [1.54, 1.807) is 0 Å². The highest BCUT2D eigenvalue weighted by atomic mass is 16.5. The van der Waals surface area contributed by atoms with Crippen LogP contribution in [0.3, 0.4) is 0 Å². The van der Waals surface area contributed by atoms with Gasteiger partial charge in [-0.25, -0.2) is 0 Å². The number of carbonyl (C=O) groups excluding carboxylic acids is 1. The van der Waals surface area contributed by atoms with E-state index < -0.39 is 5.60 Å². The molecule has 3 nitrogen and oxygen atoms in total. The van der Waals surface area contributed by atoms with Gasteiger partial charge in [-0.3, -0.25) is 4.79 Å². The van der Waals surface area contributed by atoms with Crippen molar-refractivity contribution in [1.82, 2.24) is 0 Å². The average Bonchev–Trinajstić information content (AvgIpc) is 2.41. The summed E-state index contributed by atoms with van der Waals surface area (Å²) < 4.78 is 5.99. The van der Waals surface area contributed by atoms with E-state index in [1.165, 1.54) is 0 Å². The zero-order chi connectivity index (χ0) is 13.7. The molecule has 0 aromatic rings. The van der Waals surface area contributed by atoms with Crippen molar-refractivity contribution in [2.45, 2.75) is 45.1 Å². The summed E-state index contributed by atoms with van der Waals surface area (Å²) in [5.74, 6) is 1.56. The Kier molecular flexibility index (Phi) is 3.10. The summed E-state index contributed by atoms with van der Waals surface area (Å²) in [7, 11) is 0. The number of hydrogen-bond donors (Lipinski definition) is 1. The first-order chi connectivity index (χ1) is 9.01. The highest BCUT2D eigenvalue weighted by Crippen LogP contribution is 2.56. The van der Waals surface area contributed by atoms with Crippen LogP contribution in [0.4, 0.5) is 0 Å². The second kappa shape index (κ2) is 4.42. The third kappa shape index (κ3) is 1.74. The largest absolute Gasteiger partial charge is 0.396 e. The van der Waals surface area contributed by atoms with Crippen LogP contribution in [-0.4, -0.2) is 29.7 Å². The molecule has 0 radical (unpaired) electrons. The van der Waals surface area contributed by atoms with Gasteiger partial charge in [0.15, 0.2) is 0 Å². The summed E-state index contributed by atoms with van der Waals surface area (Å²) in [5, 5.41) is 9.36. The molecular formula is C16H24O3. The maximum absolute atomic E-state index is 12.6. The first-order valence-electron chi connectivity index (χ1n) is 7.49. The van der Waals surface area contributed by atoms with E-state index in [2.05, 4.69) is 26.0 Å². The van der Waals surface area contributed by atoms with Crippen LogP contribution in [0.5, 0.6) is 0 Å². The lowest BCUT2D eigenvalue weighted by Crippen LogP contribution is -2.61. The minimum atomic E-state index is -0.435. The molecule has 19 heavy (non-hydrogen) atoms. The number of allylic oxidation sites excluding steroid dienone is 1. The fraction of sp³-hybridized carbons (Fsp3) is 0.812. The van der Waals surface area contributed by atoms with Crippen LogP contribution in [0.25, 0.3) is 0 Å². The Balaban J connectivity index is 1.97. The molecule has 1 saturated heterocycles. The predicted molar refractivity (Wildman–Crippen MR) is 72.6 cm³/mol. The number of rotatable bonds is 1. The van der Waals surface area contributed by atoms with Gasteiger partial charge >= 0.3 is 0 Å². The summed E-state index contributed by atoms with van der Waals surface area (Å²) in [5.41, 5.74) is -0.819. The molecule has 106 valence electrons. The number of ether oxygens (including phenoxy) is 1. The lowest BCUT2D eigenvalue weighted by molar-refractivity contribution is -0.181. The molecule has 2 aliphatic carbocycles. The molecule has 0 spiro atoms. The van der Waals surface area contributed by atoms with Crippen LogP contribution in [0, 0.1) is 23.2 Å². The number of aliphatic hydroxyl groups excluding tert-OH is 1. The molecule has 5 unspecified atom stereocenters. The molecule has 3 aliphatic rings. The molecule has 1 aliphatic heterocycles. The Hall–Kier alpha value is -0.670. The molecule has 2 fully saturated rings. The average molecular weight is 264 g/mol. The van der Waals surface area contributed by atoms with Crippen LogP contribution in [0.1, 0.15) is 39.5 Å². The smallest absolute Gasteiger partial charge is 0.144 e. The summed E-state index contributed by atoms with van der Waals surface area (Å²) in [6, 6.07) is 0. The first-order valence-corrected chi connectivity index (χ1v) is 7.49. The number of fused-ring (bicyclic) bond motifs is 3. The Morgan fingerprint density at radius 1 is 1.42 bits per heavy atom. The Morgan fingerprint density at radius 3 is 2.95 bits per heavy atom. The highest BCUT2D eigenvalue weighted by Gasteiger charge is 2.60. The summed E-state index contributed by atoms with van der Waals surface area (Å²) in [6.45, 7) is 4.99. The van der Waals surface area contributed by atoms with Crippen LogP contribution >= 0.6 is 0 Å². The van der Waals surface area contributed by atoms with Gasteiger partial charge in [0.05, 0.1) is 17.6 Å². The van der Waals surface area contributed by atoms with Gasteiger partial charge in [0.1, 0.15) is 5.78 Å². The third-order valence-corrected chi connectivity index (χ3v) is 6.01. The van der Waals surface area contributed by atoms with E-state index in [1.807, 2.05) is 0 Å². The zero-order valence-electron chi connectivity index (χ0n) is 11.9. The monoisotopic (exact) mass is 264 g/mol. The van der Waals surface area contributed by atoms with Crippen LogP contribution in [-0.2, 0) is 9.53 Å². The van der Waals surface area contributed by atoms with Gasteiger partial charge < -0.3 is 9.84 Å². The van der Waals surface area contributed by atoms with Crippen molar-refractivity contribution in [2.24, 2.45) is 23.2 Å². The Bertz CT molecular complexity index is 416. The fourth-order valence-corrected chi connectivity index (χ4v) is 4.54. The molecule has 1 saturated carbocycles. The van der Waals surface area contributed by atoms with Gasteiger partial charge in [0.2, 0.25) is 0 Å². The predicted octanol–water partition coefficient (Wildman–Crippen LogP) is 2.34. The SMILES string of the molecule is CC12C=CC3CC(CO)CCC3C1(C)C(=O)CCO2. The number of Topliss-reactive ketones (excluding diaryl/α,β-unsaturated/α-hetero) is 1. The summed E-state index contributed by atoms with van der Waals surface area (Å²) in [6.07, 6.45) is 7.98. The van der Waals surface area contributed by atoms with Crippen molar-refractivity contribution in [3.8, 4) is 0 Å². The second-order valence-electron chi connectivity index (χ2n) is 6.82. The molecule has 5 atom stereocenters. The van der Waals surface area contributed by atoms with Gasteiger partial charge in [0.25, 0.3) is 0 Å². The van der Waals surface area contributed by atoms with Crippen molar-refractivity contribution in [2.75, 3.05) is 13.2 Å². The van der Waals surface area contributed by atoms with Crippen LogP contribution < -0.4 is 0 Å². The lowest BCUT2D eigenvalue weighted by atomic mass is 9.51. The summed E-state index contributed by atoms with van der Waals surface area (Å²) >= 11 is 0. The zero-order valence-corrected chi connectivity index (χ0v) is 11.9. The third-order valence-electron chi connectivity index (χ3n) is 6.01. The molecule has 0 bridgehead atoms. The first kappa shape index (κ1) is 13.3. The van der Waals surface area contributed by atoms with Crippen LogP contribution in [0.2, 0.25) is 0 Å². The molecule has 0 amide bonds. The lowest BCUT2D eigenvalue weighted by Gasteiger charge is -2.57. The normalized spacial score (nSPS) is 49.6. The van der Waals surface area contributed by atoms with Crippen molar-refractivity contribution >= 4 is 5.78 Å². The van der Waals surface area contributed by atoms with E-state index in [9.17, 15) is 9.90 Å². The van der Waals surface area contributed by atoms with Crippen molar-refractivity contribution < 1.29 is 14.6 Å². The summed E-state index contributed by atoms with van der Waals surface area (Å²) in [4.78, 5) is 12.6. The van der Waals surface area contributed by atoms with E-state index >= 15 is 0 Å². The van der Waals surface area contributed by atoms with Gasteiger partial charge in [-0.1, -0.05) is 12.2 Å². The van der Waals surface area contributed by atoms with E-state index in [0.717, 1.165) is 19.3 Å². The fourth-order valence-electron chi connectivity index (χ4n) is 4.54. The number of aliphatic hydroxyl groups is 1. The van der Waals surface area contributed by atoms with E-state index in [0.29, 0.717) is 36.6 Å². The van der Waals surface area contributed by atoms with Crippen molar-refractivity contribution in [3.63, 3.8) is 0 Å². The van der Waals surface area contributed by atoms with Crippen LogP contribution in [0.15, 0.2) is 12.2 Å². The maximum atomic E-state index is 12.6. The topological polar surface area (TPSA) is 46.5 Å². The minimum absolute atomic E-state index is 0.273. The van der Waals surface area contributed by atoms with Crippen molar-refractivity contribution in [1.29, 1.82) is 0 Å². The molecule has 1 N–H and O–H groups in total. The molecule has 3 rings (SSSR count). The molecule has 0 aromatic heterocycles. The second-order valence-corrected chi connectivity index (χ2v) is 6.82. The highest BCUT2D eigenvalue weighted by molar-refractivity contribution is 5.87. The number of ketones is 1. The Morgan fingerprint density at radius 2 is 2.21 bits per heavy atom. The van der Waals surface area contributed by atoms with Gasteiger partial charge in [0, 0.05) is 13.0 Å². The Labute approximate surface area is 115 Å². The number of carbonyl (C=O) groups is 1. The number of hydrogen-bond acceptors (Lipinski definition) is 3. The molecule has 0 aromatic carbocycles. The van der Waals surface area contributed by atoms with Crippen molar-refractivity contribution in [3.05, 3.63) is 12.2 Å². The van der Waals surface area contributed by atoms with E-state index in [-0.39, 0.29) is 12.0 Å². The molecular weight excluding hydrogens is 240 g/mol. The van der Waals surface area contributed by atoms with E-state index in [4.69, 9.17) is 4.74 Å². The van der Waals surface area contributed by atoms with Gasteiger partial charge in [-0.05, 0) is 50.9 Å².